The maximum absolute atomic E-state index is 13.1. The number of hydrogen-bond acceptors (Lipinski definition) is 3. The van der Waals surface area contributed by atoms with Crippen molar-refractivity contribution in [1.29, 1.82) is 0 Å². The molecular formula is C28H42N2O2. The summed E-state index contributed by atoms with van der Waals surface area (Å²) in [5.74, 6) is 0.235. The van der Waals surface area contributed by atoms with Crippen LogP contribution in [0.2, 0.25) is 0 Å². The second-order valence-corrected chi connectivity index (χ2v) is 10.2. The van der Waals surface area contributed by atoms with Gasteiger partial charge in [-0.05, 0) is 60.2 Å². The van der Waals surface area contributed by atoms with Gasteiger partial charge >= 0.3 is 0 Å². The number of hydrogen-bond donors (Lipinski definition) is 2. The lowest BCUT2D eigenvalue weighted by molar-refractivity contribution is -0.116. The molecule has 1 atom stereocenters. The largest absolute Gasteiger partial charge is 0.392 e. The zero-order valence-electron chi connectivity index (χ0n) is 20.9. The number of unbranched alkanes of at least 4 members (excludes halogenated alkanes) is 2. The van der Waals surface area contributed by atoms with Gasteiger partial charge in [0.25, 0.3) is 0 Å². The Morgan fingerprint density at radius 1 is 1.03 bits per heavy atom. The van der Waals surface area contributed by atoms with E-state index in [2.05, 4.69) is 76.3 Å². The lowest BCUT2D eigenvalue weighted by atomic mass is 9.85. The highest BCUT2D eigenvalue weighted by atomic mass is 16.3. The Balaban J connectivity index is 2.20. The predicted octanol–water partition coefficient (Wildman–Crippen LogP) is 6.23. The number of rotatable bonds is 11. The molecule has 176 valence electrons. The van der Waals surface area contributed by atoms with Gasteiger partial charge < -0.3 is 15.3 Å². The maximum Gasteiger partial charge on any atom is 0.224 e. The van der Waals surface area contributed by atoms with Crippen LogP contribution in [0.25, 0.3) is 0 Å². The topological polar surface area (TPSA) is 52.6 Å². The van der Waals surface area contributed by atoms with E-state index in [1.165, 1.54) is 24.0 Å². The maximum atomic E-state index is 13.1. The summed E-state index contributed by atoms with van der Waals surface area (Å²) in [6.07, 6.45) is 4.95. The number of anilines is 1. The van der Waals surface area contributed by atoms with Gasteiger partial charge in [-0.2, -0.15) is 0 Å². The van der Waals surface area contributed by atoms with Crippen LogP contribution in [0.4, 0.5) is 5.69 Å². The Hall–Kier alpha value is -2.17. The monoisotopic (exact) mass is 438 g/mol. The van der Waals surface area contributed by atoms with Gasteiger partial charge in [-0.1, -0.05) is 83.4 Å². The van der Waals surface area contributed by atoms with E-state index >= 15 is 0 Å². The molecule has 0 bridgehead atoms. The van der Waals surface area contributed by atoms with Crippen LogP contribution < -0.4 is 5.32 Å². The quantitative estimate of drug-likeness (QED) is 0.409. The Morgan fingerprint density at radius 3 is 2.25 bits per heavy atom. The minimum atomic E-state index is -0.0978. The molecule has 0 aromatic heterocycles. The average Bonchev–Trinajstić information content (AvgIpc) is 2.72. The molecule has 0 heterocycles. The third kappa shape index (κ3) is 8.07. The number of aliphatic hydroxyl groups is 1. The third-order valence-electron chi connectivity index (χ3n) is 5.89. The van der Waals surface area contributed by atoms with Crippen LogP contribution in [-0.2, 0) is 23.4 Å². The lowest BCUT2D eigenvalue weighted by Gasteiger charge is -2.24. The van der Waals surface area contributed by atoms with Crippen LogP contribution >= 0.6 is 0 Å². The zero-order valence-corrected chi connectivity index (χ0v) is 20.9. The highest BCUT2D eigenvalue weighted by Gasteiger charge is 2.21. The molecular weight excluding hydrogens is 396 g/mol. The van der Waals surface area contributed by atoms with Crippen LogP contribution in [0.15, 0.2) is 42.5 Å². The first-order valence-electron chi connectivity index (χ1n) is 11.9. The van der Waals surface area contributed by atoms with Gasteiger partial charge in [-0.3, -0.25) is 4.79 Å². The number of carbonyl (C=O) groups excluding carboxylic acids is 1. The first-order valence-corrected chi connectivity index (χ1v) is 11.9. The summed E-state index contributed by atoms with van der Waals surface area (Å²) < 4.78 is 0. The van der Waals surface area contributed by atoms with Crippen molar-refractivity contribution in [1.82, 2.24) is 4.90 Å². The molecule has 1 unspecified atom stereocenters. The Bertz CT molecular complexity index is 851. The van der Waals surface area contributed by atoms with Crippen molar-refractivity contribution in [2.24, 2.45) is 0 Å². The lowest BCUT2D eigenvalue weighted by Crippen LogP contribution is -2.20. The molecule has 2 rings (SSSR count). The first kappa shape index (κ1) is 26.1. The number of carbonyl (C=O) groups is 1. The molecule has 0 radical (unpaired) electrons. The second-order valence-electron chi connectivity index (χ2n) is 10.2. The van der Waals surface area contributed by atoms with Crippen molar-refractivity contribution >= 4 is 11.6 Å². The average molecular weight is 439 g/mol. The number of benzene rings is 2. The van der Waals surface area contributed by atoms with Crippen LogP contribution in [0.1, 0.15) is 88.0 Å². The van der Waals surface area contributed by atoms with Crippen molar-refractivity contribution in [2.75, 3.05) is 19.4 Å². The summed E-state index contributed by atoms with van der Waals surface area (Å²) in [5.41, 5.74) is 5.12. The van der Waals surface area contributed by atoms with E-state index in [9.17, 15) is 9.90 Å². The van der Waals surface area contributed by atoms with Crippen LogP contribution in [0, 0.1) is 0 Å². The van der Waals surface area contributed by atoms with E-state index in [1.807, 2.05) is 18.2 Å². The molecule has 1 amide bonds. The minimum Gasteiger partial charge on any atom is -0.392 e. The molecule has 0 aliphatic heterocycles. The second kappa shape index (κ2) is 12.2. The van der Waals surface area contributed by atoms with Crippen molar-refractivity contribution in [3.05, 3.63) is 64.7 Å². The van der Waals surface area contributed by atoms with E-state index in [4.69, 9.17) is 0 Å². The van der Waals surface area contributed by atoms with Gasteiger partial charge in [0.1, 0.15) is 0 Å². The molecule has 32 heavy (non-hydrogen) atoms. The number of nitrogens with one attached hydrogen (secondary N) is 1. The fourth-order valence-corrected chi connectivity index (χ4v) is 4.16. The molecule has 2 aromatic carbocycles. The van der Waals surface area contributed by atoms with Crippen molar-refractivity contribution in [3.8, 4) is 0 Å². The fraction of sp³-hybridized carbons (Fsp3) is 0.536. The highest BCUT2D eigenvalue weighted by molar-refractivity contribution is 5.92. The standard InChI is InChI=1S/C28H42N2O2/c1-7-8-9-10-24(23-14-11-21(12-15-23)19-30(5)6)18-27(32)29-26-17-22(20-31)13-16-25(26)28(2,3)4/h11-17,24,31H,7-10,18-20H2,1-6H3,(H,29,32). The number of amides is 1. The van der Waals surface area contributed by atoms with Crippen molar-refractivity contribution in [2.45, 2.75) is 84.3 Å². The van der Waals surface area contributed by atoms with Gasteiger partial charge in [0, 0.05) is 18.7 Å². The van der Waals surface area contributed by atoms with E-state index < -0.39 is 0 Å². The Labute approximate surface area is 195 Å². The van der Waals surface area contributed by atoms with Crippen molar-refractivity contribution < 1.29 is 9.90 Å². The van der Waals surface area contributed by atoms with Gasteiger partial charge in [0.05, 0.1) is 6.61 Å². The highest BCUT2D eigenvalue weighted by Crippen LogP contribution is 2.32. The predicted molar refractivity (Wildman–Crippen MR) is 135 cm³/mol. The molecule has 0 spiro atoms. The SMILES string of the molecule is CCCCCC(CC(=O)Nc1cc(CO)ccc1C(C)(C)C)c1ccc(CN(C)C)cc1. The fourth-order valence-electron chi connectivity index (χ4n) is 4.16. The molecule has 0 fully saturated rings. The molecule has 0 aliphatic carbocycles. The first-order chi connectivity index (χ1) is 15.1. The normalized spacial score (nSPS) is 12.8. The summed E-state index contributed by atoms with van der Waals surface area (Å²) >= 11 is 0. The summed E-state index contributed by atoms with van der Waals surface area (Å²) in [4.78, 5) is 15.3. The number of nitrogens with zero attached hydrogens (tertiary/aromatic N) is 1. The molecule has 2 aromatic rings. The van der Waals surface area contributed by atoms with Gasteiger partial charge in [-0.25, -0.2) is 0 Å². The summed E-state index contributed by atoms with van der Waals surface area (Å²) in [5, 5.41) is 12.7. The minimum absolute atomic E-state index is 0.0319. The number of aliphatic hydroxyl groups excluding tert-OH is 1. The third-order valence-corrected chi connectivity index (χ3v) is 5.89. The Kier molecular flexibility index (Phi) is 9.92. The molecule has 0 saturated heterocycles. The summed E-state index contributed by atoms with van der Waals surface area (Å²) in [6, 6.07) is 14.6. The summed E-state index contributed by atoms with van der Waals surface area (Å²) in [7, 11) is 4.15. The van der Waals surface area contributed by atoms with E-state index in [1.54, 1.807) is 0 Å². The van der Waals surface area contributed by atoms with Crippen LogP contribution in [0.5, 0.6) is 0 Å². The van der Waals surface area contributed by atoms with Gasteiger partial charge in [0.15, 0.2) is 0 Å². The molecule has 0 saturated carbocycles. The van der Waals surface area contributed by atoms with Crippen LogP contribution in [0.3, 0.4) is 0 Å². The van der Waals surface area contributed by atoms with Gasteiger partial charge in [-0.15, -0.1) is 0 Å². The molecule has 4 heteroatoms. The molecule has 2 N–H and O–H groups in total. The Morgan fingerprint density at radius 2 is 1.69 bits per heavy atom. The molecule has 0 aliphatic rings. The molecule has 4 nitrogen and oxygen atoms in total. The van der Waals surface area contributed by atoms with Crippen molar-refractivity contribution in [3.63, 3.8) is 0 Å². The van der Waals surface area contributed by atoms with Gasteiger partial charge in [0.2, 0.25) is 5.91 Å². The summed E-state index contributed by atoms with van der Waals surface area (Å²) in [6.45, 7) is 9.50. The van der Waals surface area contributed by atoms with Crippen LogP contribution in [-0.4, -0.2) is 30.0 Å². The smallest absolute Gasteiger partial charge is 0.224 e. The van der Waals surface area contributed by atoms with E-state index in [0.717, 1.165) is 36.2 Å². The van der Waals surface area contributed by atoms with E-state index in [-0.39, 0.29) is 23.8 Å². The zero-order chi connectivity index (χ0) is 23.7. The van der Waals surface area contributed by atoms with E-state index in [0.29, 0.717) is 6.42 Å².